The zero-order chi connectivity index (χ0) is 14.1. The van der Waals surface area contributed by atoms with Crippen LogP contribution in [0.5, 0.6) is 0 Å². The number of fused-ring (bicyclic) bond motifs is 1. The molecule has 2 heteroatoms. The molecule has 3 aromatic rings. The third-order valence-electron chi connectivity index (χ3n) is 3.65. The second-order valence-corrected chi connectivity index (χ2v) is 5.89. The van der Waals surface area contributed by atoms with Crippen molar-refractivity contribution in [3.8, 4) is 0 Å². The van der Waals surface area contributed by atoms with Gasteiger partial charge in [-0.25, -0.2) is 0 Å². The van der Waals surface area contributed by atoms with Crippen LogP contribution >= 0.6 is 15.9 Å². The van der Waals surface area contributed by atoms with Crippen LogP contribution in [0, 0.1) is 6.92 Å². The molecule has 0 amide bonds. The molecule has 3 aromatic carbocycles. The Morgan fingerprint density at radius 2 is 1.60 bits per heavy atom. The number of hydrogen-bond donors (Lipinski definition) is 1. The molecule has 1 nitrogen and oxygen atoms in total. The van der Waals surface area contributed by atoms with Crippen LogP contribution in [0.25, 0.3) is 10.8 Å². The minimum absolute atomic E-state index is 0.603. The summed E-state index contributed by atoms with van der Waals surface area (Å²) in [6.07, 6.45) is -0.603. The Kier molecular flexibility index (Phi) is 3.60. The maximum Gasteiger partial charge on any atom is 0.105 e. The molecule has 0 saturated carbocycles. The van der Waals surface area contributed by atoms with E-state index in [2.05, 4.69) is 40.2 Å². The van der Waals surface area contributed by atoms with E-state index in [0.717, 1.165) is 31.9 Å². The number of hydrogen-bond acceptors (Lipinski definition) is 1. The van der Waals surface area contributed by atoms with Gasteiger partial charge in [-0.2, -0.15) is 0 Å². The van der Waals surface area contributed by atoms with E-state index in [1.165, 1.54) is 0 Å². The summed E-state index contributed by atoms with van der Waals surface area (Å²) in [4.78, 5) is 0. The predicted molar refractivity (Wildman–Crippen MR) is 86.9 cm³/mol. The molecular formula is C18H15BrO. The minimum Gasteiger partial charge on any atom is -0.384 e. The molecule has 100 valence electrons. The molecule has 0 aliphatic rings. The topological polar surface area (TPSA) is 20.2 Å². The molecule has 0 aliphatic carbocycles. The van der Waals surface area contributed by atoms with Gasteiger partial charge in [0.25, 0.3) is 0 Å². The van der Waals surface area contributed by atoms with E-state index in [9.17, 15) is 5.11 Å². The van der Waals surface area contributed by atoms with Gasteiger partial charge in [-0.1, -0.05) is 64.5 Å². The molecule has 0 fully saturated rings. The zero-order valence-electron chi connectivity index (χ0n) is 11.2. The third-order valence-corrected chi connectivity index (χ3v) is 4.18. The number of aliphatic hydroxyl groups is 1. The number of rotatable bonds is 2. The fourth-order valence-electron chi connectivity index (χ4n) is 2.58. The largest absolute Gasteiger partial charge is 0.384 e. The number of halogens is 1. The highest BCUT2D eigenvalue weighted by Gasteiger charge is 2.15. The SMILES string of the molecule is Cc1ccc2ccccc2c1[C@H](O)c1ccc(Br)cc1. The van der Waals surface area contributed by atoms with Crippen LogP contribution in [0.3, 0.4) is 0 Å². The van der Waals surface area contributed by atoms with Crippen LogP contribution < -0.4 is 0 Å². The van der Waals surface area contributed by atoms with Crippen molar-refractivity contribution in [2.24, 2.45) is 0 Å². The lowest BCUT2D eigenvalue weighted by molar-refractivity contribution is 0.221. The van der Waals surface area contributed by atoms with Crippen LogP contribution in [0.2, 0.25) is 0 Å². The fraction of sp³-hybridized carbons (Fsp3) is 0.111. The van der Waals surface area contributed by atoms with Crippen molar-refractivity contribution in [1.29, 1.82) is 0 Å². The van der Waals surface area contributed by atoms with Gasteiger partial charge in [-0.15, -0.1) is 0 Å². The summed E-state index contributed by atoms with van der Waals surface area (Å²) in [7, 11) is 0. The van der Waals surface area contributed by atoms with E-state index in [1.807, 2.05) is 43.3 Å². The van der Waals surface area contributed by atoms with Crippen LogP contribution in [0.15, 0.2) is 65.1 Å². The van der Waals surface area contributed by atoms with Crippen LogP contribution in [0.1, 0.15) is 22.8 Å². The Hall–Kier alpha value is -1.64. The summed E-state index contributed by atoms with van der Waals surface area (Å²) >= 11 is 3.42. The van der Waals surface area contributed by atoms with Gasteiger partial charge < -0.3 is 5.11 Å². The molecule has 0 heterocycles. The van der Waals surface area contributed by atoms with Gasteiger partial charge in [0.05, 0.1) is 0 Å². The summed E-state index contributed by atoms with van der Waals surface area (Å²) in [5.41, 5.74) is 3.01. The van der Waals surface area contributed by atoms with Crippen molar-refractivity contribution < 1.29 is 5.11 Å². The summed E-state index contributed by atoms with van der Waals surface area (Å²) in [6, 6.07) is 20.2. The Morgan fingerprint density at radius 3 is 2.35 bits per heavy atom. The van der Waals surface area contributed by atoms with Crippen molar-refractivity contribution in [3.63, 3.8) is 0 Å². The first-order valence-corrected chi connectivity index (χ1v) is 7.38. The standard InChI is InChI=1S/C18H15BrO/c1-12-6-7-13-4-2-3-5-16(13)17(12)18(20)14-8-10-15(19)11-9-14/h2-11,18,20H,1H3/t18-/m1/s1. The van der Waals surface area contributed by atoms with E-state index in [-0.39, 0.29) is 0 Å². The van der Waals surface area contributed by atoms with E-state index in [1.54, 1.807) is 0 Å². The van der Waals surface area contributed by atoms with E-state index < -0.39 is 6.10 Å². The molecule has 0 bridgehead atoms. The highest BCUT2D eigenvalue weighted by molar-refractivity contribution is 9.10. The number of benzene rings is 3. The zero-order valence-corrected chi connectivity index (χ0v) is 12.8. The van der Waals surface area contributed by atoms with E-state index >= 15 is 0 Å². The molecule has 1 N–H and O–H groups in total. The second-order valence-electron chi connectivity index (χ2n) is 4.97. The third kappa shape index (κ3) is 2.37. The van der Waals surface area contributed by atoms with Crippen molar-refractivity contribution in [1.82, 2.24) is 0 Å². The molecule has 0 aliphatic heterocycles. The van der Waals surface area contributed by atoms with E-state index in [0.29, 0.717) is 0 Å². The van der Waals surface area contributed by atoms with Crippen LogP contribution in [-0.4, -0.2) is 5.11 Å². The smallest absolute Gasteiger partial charge is 0.105 e. The quantitative estimate of drug-likeness (QED) is 0.703. The van der Waals surface area contributed by atoms with Crippen LogP contribution in [-0.2, 0) is 0 Å². The van der Waals surface area contributed by atoms with Gasteiger partial charge >= 0.3 is 0 Å². The Balaban J connectivity index is 2.18. The molecule has 0 unspecified atom stereocenters. The van der Waals surface area contributed by atoms with Crippen molar-refractivity contribution in [2.45, 2.75) is 13.0 Å². The lowest BCUT2D eigenvalue weighted by atomic mass is 9.92. The first-order chi connectivity index (χ1) is 9.66. The van der Waals surface area contributed by atoms with E-state index in [4.69, 9.17) is 0 Å². The maximum atomic E-state index is 10.7. The first-order valence-electron chi connectivity index (χ1n) is 6.58. The minimum atomic E-state index is -0.603. The highest BCUT2D eigenvalue weighted by atomic mass is 79.9. The van der Waals surface area contributed by atoms with Gasteiger partial charge in [-0.05, 0) is 46.5 Å². The molecule has 1 atom stereocenters. The molecular weight excluding hydrogens is 312 g/mol. The van der Waals surface area contributed by atoms with Crippen LogP contribution in [0.4, 0.5) is 0 Å². The Morgan fingerprint density at radius 1 is 0.900 bits per heavy atom. The highest BCUT2D eigenvalue weighted by Crippen LogP contribution is 2.32. The molecule has 0 saturated heterocycles. The predicted octanol–water partition coefficient (Wildman–Crippen LogP) is 4.99. The Labute approximate surface area is 127 Å². The number of aliphatic hydroxyl groups excluding tert-OH is 1. The maximum absolute atomic E-state index is 10.7. The molecule has 0 aromatic heterocycles. The lowest BCUT2D eigenvalue weighted by Gasteiger charge is -2.17. The van der Waals surface area contributed by atoms with Gasteiger partial charge in [-0.3, -0.25) is 0 Å². The average molecular weight is 327 g/mol. The van der Waals surface area contributed by atoms with Crippen molar-refractivity contribution >= 4 is 26.7 Å². The van der Waals surface area contributed by atoms with Gasteiger partial charge in [0.2, 0.25) is 0 Å². The fourth-order valence-corrected chi connectivity index (χ4v) is 2.84. The van der Waals surface area contributed by atoms with Crippen molar-refractivity contribution in [3.05, 3.63) is 81.8 Å². The summed E-state index contributed by atoms with van der Waals surface area (Å²) in [6.45, 7) is 2.05. The molecule has 0 radical (unpaired) electrons. The number of aryl methyl sites for hydroxylation is 1. The average Bonchev–Trinajstić information content (AvgIpc) is 2.47. The van der Waals surface area contributed by atoms with Gasteiger partial charge in [0.1, 0.15) is 6.10 Å². The molecule has 3 rings (SSSR count). The molecule has 0 spiro atoms. The summed E-state index contributed by atoms with van der Waals surface area (Å²) < 4.78 is 1.02. The lowest BCUT2D eigenvalue weighted by Crippen LogP contribution is -2.03. The second kappa shape index (κ2) is 5.39. The van der Waals surface area contributed by atoms with Crippen molar-refractivity contribution in [2.75, 3.05) is 0 Å². The normalized spacial score (nSPS) is 12.6. The summed E-state index contributed by atoms with van der Waals surface area (Å²) in [5.74, 6) is 0. The van der Waals surface area contributed by atoms with Gasteiger partial charge in [0.15, 0.2) is 0 Å². The first kappa shape index (κ1) is 13.3. The monoisotopic (exact) mass is 326 g/mol. The Bertz CT molecular complexity index is 747. The van der Waals surface area contributed by atoms with Gasteiger partial charge in [0, 0.05) is 4.47 Å². The summed E-state index contributed by atoms with van der Waals surface area (Å²) in [5, 5.41) is 13.0. The molecule has 20 heavy (non-hydrogen) atoms.